The number of ether oxygens (including phenoxy) is 1. The first-order valence-electron chi connectivity index (χ1n) is 9.71. The van der Waals surface area contributed by atoms with Gasteiger partial charge in [-0.15, -0.1) is 0 Å². The number of nitrogen functional groups attached to an aromatic ring is 1. The van der Waals surface area contributed by atoms with Crippen molar-refractivity contribution >= 4 is 23.4 Å². The van der Waals surface area contributed by atoms with Gasteiger partial charge in [-0.1, -0.05) is 33.3 Å². The lowest BCUT2D eigenvalue weighted by molar-refractivity contribution is 0.0594. The van der Waals surface area contributed by atoms with Crippen molar-refractivity contribution in [2.45, 2.75) is 40.2 Å². The van der Waals surface area contributed by atoms with Crippen molar-refractivity contribution in [3.8, 4) is 0 Å². The summed E-state index contributed by atoms with van der Waals surface area (Å²) in [6.45, 7) is 6.17. The standard InChI is InChI=1S/C20H27N5O5/c1-5-6-10-24-16(21)15(17(26)23-20(24)29)25(11-12(2)3)18(27)13-8-7-9-14(22-13)19(28)30-4/h7-9,12H,5-6,10-11,21H2,1-4H3,(H,23,26,29). The highest BCUT2D eigenvalue weighted by atomic mass is 16.5. The van der Waals surface area contributed by atoms with Crippen LogP contribution in [0.1, 0.15) is 54.6 Å². The molecule has 162 valence electrons. The van der Waals surface area contributed by atoms with Gasteiger partial charge in [0.2, 0.25) is 0 Å². The number of anilines is 2. The summed E-state index contributed by atoms with van der Waals surface area (Å²) in [5.41, 5.74) is 4.58. The molecule has 2 aromatic heterocycles. The van der Waals surface area contributed by atoms with Gasteiger partial charge in [-0.05, 0) is 24.5 Å². The van der Waals surface area contributed by atoms with E-state index in [9.17, 15) is 19.2 Å². The number of methoxy groups -OCH3 is 1. The first kappa shape index (κ1) is 22.9. The minimum Gasteiger partial charge on any atom is -0.464 e. The summed E-state index contributed by atoms with van der Waals surface area (Å²) in [4.78, 5) is 57.4. The molecule has 0 aliphatic rings. The number of hydrogen-bond donors (Lipinski definition) is 2. The summed E-state index contributed by atoms with van der Waals surface area (Å²) < 4.78 is 5.90. The zero-order chi connectivity index (χ0) is 22.4. The van der Waals surface area contributed by atoms with E-state index in [2.05, 4.69) is 14.7 Å². The number of hydrogen-bond acceptors (Lipinski definition) is 7. The number of aromatic nitrogens is 3. The Labute approximate surface area is 173 Å². The molecule has 0 fully saturated rings. The number of carbonyl (C=O) groups excluding carboxylic acids is 2. The van der Waals surface area contributed by atoms with E-state index in [0.29, 0.717) is 13.0 Å². The average molecular weight is 417 g/mol. The third-order valence-electron chi connectivity index (χ3n) is 4.37. The number of aromatic amines is 1. The van der Waals surface area contributed by atoms with Gasteiger partial charge in [0.15, 0.2) is 5.69 Å². The molecule has 0 spiro atoms. The van der Waals surface area contributed by atoms with Gasteiger partial charge >= 0.3 is 11.7 Å². The minimum atomic E-state index is -0.761. The number of nitrogens with two attached hydrogens (primary N) is 1. The summed E-state index contributed by atoms with van der Waals surface area (Å²) in [6, 6.07) is 4.34. The maximum atomic E-state index is 13.3. The van der Waals surface area contributed by atoms with Crippen molar-refractivity contribution in [2.75, 3.05) is 24.3 Å². The van der Waals surface area contributed by atoms with Crippen molar-refractivity contribution in [1.82, 2.24) is 14.5 Å². The number of esters is 1. The molecule has 0 aromatic carbocycles. The average Bonchev–Trinajstić information content (AvgIpc) is 2.71. The molecule has 1 amide bonds. The predicted molar refractivity (Wildman–Crippen MR) is 113 cm³/mol. The fourth-order valence-electron chi connectivity index (χ4n) is 2.93. The van der Waals surface area contributed by atoms with E-state index in [1.165, 1.54) is 34.8 Å². The molecular weight excluding hydrogens is 390 g/mol. The second kappa shape index (κ2) is 9.86. The highest BCUT2D eigenvalue weighted by Gasteiger charge is 2.27. The lowest BCUT2D eigenvalue weighted by atomic mass is 10.1. The van der Waals surface area contributed by atoms with Crippen LogP contribution in [0.15, 0.2) is 27.8 Å². The number of nitrogens with one attached hydrogen (secondary N) is 1. The third kappa shape index (κ3) is 4.94. The van der Waals surface area contributed by atoms with E-state index in [4.69, 9.17) is 5.73 Å². The lowest BCUT2D eigenvalue weighted by Crippen LogP contribution is -2.43. The van der Waals surface area contributed by atoms with Crippen molar-refractivity contribution in [3.05, 3.63) is 50.4 Å². The number of amides is 1. The Morgan fingerprint density at radius 2 is 1.93 bits per heavy atom. The van der Waals surface area contributed by atoms with Gasteiger partial charge in [-0.3, -0.25) is 24.0 Å². The highest BCUT2D eigenvalue weighted by molar-refractivity contribution is 6.06. The van der Waals surface area contributed by atoms with Gasteiger partial charge in [0, 0.05) is 13.1 Å². The van der Waals surface area contributed by atoms with Crippen molar-refractivity contribution < 1.29 is 14.3 Å². The molecule has 0 saturated heterocycles. The summed E-state index contributed by atoms with van der Waals surface area (Å²) in [5.74, 6) is -1.42. The molecule has 10 heteroatoms. The SMILES string of the molecule is CCCCn1c(N)c(N(CC(C)C)C(=O)c2cccc(C(=O)OC)n2)c(=O)[nH]c1=O. The molecule has 0 radical (unpaired) electrons. The fraction of sp³-hybridized carbons (Fsp3) is 0.450. The predicted octanol–water partition coefficient (Wildman–Crippen LogP) is 1.40. The second-order valence-corrected chi connectivity index (χ2v) is 7.21. The zero-order valence-electron chi connectivity index (χ0n) is 17.6. The smallest absolute Gasteiger partial charge is 0.356 e. The quantitative estimate of drug-likeness (QED) is 0.619. The van der Waals surface area contributed by atoms with Crippen LogP contribution in [0.5, 0.6) is 0 Å². The van der Waals surface area contributed by atoms with E-state index in [1.807, 2.05) is 20.8 Å². The molecule has 0 aliphatic heterocycles. The van der Waals surface area contributed by atoms with Crippen molar-refractivity contribution in [1.29, 1.82) is 0 Å². The van der Waals surface area contributed by atoms with E-state index in [-0.39, 0.29) is 35.4 Å². The Morgan fingerprint density at radius 3 is 2.53 bits per heavy atom. The highest BCUT2D eigenvalue weighted by Crippen LogP contribution is 2.21. The maximum Gasteiger partial charge on any atom is 0.356 e. The molecule has 0 bridgehead atoms. The molecule has 2 rings (SSSR count). The normalized spacial score (nSPS) is 10.8. The molecule has 30 heavy (non-hydrogen) atoms. The summed E-state index contributed by atoms with van der Waals surface area (Å²) in [6.07, 6.45) is 1.50. The molecule has 2 heterocycles. The van der Waals surface area contributed by atoms with Gasteiger partial charge < -0.3 is 10.5 Å². The van der Waals surface area contributed by atoms with Crippen LogP contribution in [0.2, 0.25) is 0 Å². The van der Waals surface area contributed by atoms with E-state index in [1.54, 1.807) is 0 Å². The molecule has 0 aliphatic carbocycles. The van der Waals surface area contributed by atoms with Crippen LogP contribution in [0.4, 0.5) is 11.5 Å². The van der Waals surface area contributed by atoms with Gasteiger partial charge in [0.1, 0.15) is 17.2 Å². The monoisotopic (exact) mass is 417 g/mol. The van der Waals surface area contributed by atoms with Gasteiger partial charge in [0.25, 0.3) is 11.5 Å². The number of unbranched alkanes of at least 4 members (excludes halogenated alkanes) is 1. The van der Waals surface area contributed by atoms with Crippen LogP contribution >= 0.6 is 0 Å². The maximum absolute atomic E-state index is 13.3. The van der Waals surface area contributed by atoms with Crippen LogP contribution in [0.3, 0.4) is 0 Å². The summed E-state index contributed by atoms with van der Waals surface area (Å²) >= 11 is 0. The molecular formula is C20H27N5O5. The van der Waals surface area contributed by atoms with Gasteiger partial charge in [0.05, 0.1) is 7.11 Å². The van der Waals surface area contributed by atoms with E-state index < -0.39 is 23.1 Å². The number of carbonyl (C=O) groups is 2. The molecule has 3 N–H and O–H groups in total. The third-order valence-corrected chi connectivity index (χ3v) is 4.37. The lowest BCUT2D eigenvalue weighted by Gasteiger charge is -2.26. The Balaban J connectivity index is 2.61. The van der Waals surface area contributed by atoms with E-state index in [0.717, 1.165) is 6.42 Å². The van der Waals surface area contributed by atoms with Crippen LogP contribution in [-0.4, -0.2) is 40.1 Å². The summed E-state index contributed by atoms with van der Waals surface area (Å²) in [7, 11) is 1.21. The van der Waals surface area contributed by atoms with Crippen LogP contribution in [-0.2, 0) is 11.3 Å². The molecule has 2 aromatic rings. The second-order valence-electron chi connectivity index (χ2n) is 7.21. The number of nitrogens with zero attached hydrogens (tertiary/aromatic N) is 3. The Morgan fingerprint density at radius 1 is 1.27 bits per heavy atom. The molecule has 0 saturated carbocycles. The van der Waals surface area contributed by atoms with Crippen LogP contribution < -0.4 is 21.9 Å². The number of rotatable bonds is 8. The first-order valence-corrected chi connectivity index (χ1v) is 9.71. The van der Waals surface area contributed by atoms with E-state index >= 15 is 0 Å². The Bertz CT molecular complexity index is 1040. The van der Waals surface area contributed by atoms with Crippen LogP contribution in [0.25, 0.3) is 0 Å². The Hall–Kier alpha value is -3.43. The first-order chi connectivity index (χ1) is 14.2. The van der Waals surface area contributed by atoms with Crippen molar-refractivity contribution in [2.24, 2.45) is 5.92 Å². The van der Waals surface area contributed by atoms with Gasteiger partial charge in [-0.2, -0.15) is 0 Å². The number of H-pyrrole nitrogens is 1. The summed E-state index contributed by atoms with van der Waals surface area (Å²) in [5, 5.41) is 0. The molecule has 10 nitrogen and oxygen atoms in total. The van der Waals surface area contributed by atoms with Crippen LogP contribution in [0, 0.1) is 5.92 Å². The molecule has 0 atom stereocenters. The number of pyridine rings is 1. The zero-order valence-corrected chi connectivity index (χ0v) is 17.6. The topological polar surface area (TPSA) is 140 Å². The minimum absolute atomic E-state index is 0.0208. The van der Waals surface area contributed by atoms with Crippen molar-refractivity contribution in [3.63, 3.8) is 0 Å². The fourth-order valence-corrected chi connectivity index (χ4v) is 2.93. The largest absolute Gasteiger partial charge is 0.464 e. The molecule has 0 unspecified atom stereocenters. The Kier molecular flexibility index (Phi) is 7.51. The van der Waals surface area contributed by atoms with Gasteiger partial charge in [-0.25, -0.2) is 14.6 Å².